The van der Waals surface area contributed by atoms with Gasteiger partial charge in [0, 0.05) is 5.25 Å². The van der Waals surface area contributed by atoms with E-state index >= 15 is 0 Å². The molecule has 13 heavy (non-hydrogen) atoms. The Hall–Kier alpha value is 0.350. The fourth-order valence-corrected chi connectivity index (χ4v) is 3.75. The molecule has 0 saturated heterocycles. The highest BCUT2D eigenvalue weighted by molar-refractivity contribution is 7.80. The van der Waals surface area contributed by atoms with Crippen LogP contribution in [0.1, 0.15) is 51.9 Å². The van der Waals surface area contributed by atoms with Crippen molar-refractivity contribution in [3.63, 3.8) is 0 Å². The molecule has 0 nitrogen and oxygen atoms in total. The van der Waals surface area contributed by atoms with Gasteiger partial charge in [-0.1, -0.05) is 19.8 Å². The Morgan fingerprint density at radius 3 is 2.46 bits per heavy atom. The number of thiol groups is 1. The highest BCUT2D eigenvalue weighted by Crippen LogP contribution is 2.44. The third kappa shape index (κ3) is 2.23. The molecule has 0 bridgehead atoms. The second-order valence-electron chi connectivity index (χ2n) is 5.07. The molecule has 2 aliphatic carbocycles. The first-order valence-corrected chi connectivity index (χ1v) is 6.49. The number of rotatable bonds is 1. The third-order valence-electron chi connectivity index (χ3n) is 4.27. The molecule has 2 fully saturated rings. The van der Waals surface area contributed by atoms with Crippen LogP contribution in [0.15, 0.2) is 0 Å². The third-order valence-corrected chi connectivity index (χ3v) is 4.74. The lowest BCUT2D eigenvalue weighted by molar-refractivity contribution is 0.131. The van der Waals surface area contributed by atoms with Gasteiger partial charge < -0.3 is 0 Å². The lowest BCUT2D eigenvalue weighted by Gasteiger charge is -2.41. The Kier molecular flexibility index (Phi) is 3.23. The van der Waals surface area contributed by atoms with Crippen LogP contribution in [0.3, 0.4) is 0 Å². The van der Waals surface area contributed by atoms with Crippen LogP contribution < -0.4 is 0 Å². The van der Waals surface area contributed by atoms with E-state index in [1.54, 1.807) is 0 Å². The summed E-state index contributed by atoms with van der Waals surface area (Å²) in [6, 6.07) is 0. The van der Waals surface area contributed by atoms with E-state index < -0.39 is 0 Å². The molecular formula is C12H22S. The van der Waals surface area contributed by atoms with Crippen LogP contribution in [0.5, 0.6) is 0 Å². The van der Waals surface area contributed by atoms with Crippen LogP contribution in [0.25, 0.3) is 0 Å². The smallest absolute Gasteiger partial charge is 0.00196 e. The van der Waals surface area contributed by atoms with Crippen molar-refractivity contribution in [2.75, 3.05) is 0 Å². The second kappa shape index (κ2) is 4.25. The topological polar surface area (TPSA) is 0 Å². The summed E-state index contributed by atoms with van der Waals surface area (Å²) in [5.74, 6) is 3.17. The van der Waals surface area contributed by atoms with Gasteiger partial charge in [-0.15, -0.1) is 0 Å². The fourth-order valence-electron chi connectivity index (χ4n) is 3.33. The summed E-state index contributed by atoms with van der Waals surface area (Å²) < 4.78 is 0. The maximum atomic E-state index is 4.62. The van der Waals surface area contributed by atoms with Gasteiger partial charge in [-0.05, 0) is 49.9 Å². The zero-order valence-electron chi connectivity index (χ0n) is 8.71. The molecule has 0 aromatic rings. The summed E-state index contributed by atoms with van der Waals surface area (Å²) in [4.78, 5) is 0. The lowest BCUT2D eigenvalue weighted by Crippen LogP contribution is -2.31. The van der Waals surface area contributed by atoms with Crippen LogP contribution in [0.2, 0.25) is 0 Å². The van der Waals surface area contributed by atoms with E-state index in [1.165, 1.54) is 44.9 Å². The van der Waals surface area contributed by atoms with E-state index in [1.807, 2.05) is 0 Å². The van der Waals surface area contributed by atoms with E-state index in [2.05, 4.69) is 19.6 Å². The summed E-state index contributed by atoms with van der Waals surface area (Å²) in [7, 11) is 0. The molecule has 76 valence electrons. The van der Waals surface area contributed by atoms with Crippen molar-refractivity contribution in [2.24, 2.45) is 17.8 Å². The van der Waals surface area contributed by atoms with Crippen LogP contribution >= 0.6 is 12.6 Å². The van der Waals surface area contributed by atoms with Crippen molar-refractivity contribution in [1.29, 1.82) is 0 Å². The van der Waals surface area contributed by atoms with Crippen molar-refractivity contribution in [3.8, 4) is 0 Å². The monoisotopic (exact) mass is 198 g/mol. The highest BCUT2D eigenvalue weighted by atomic mass is 32.1. The van der Waals surface area contributed by atoms with Gasteiger partial charge in [0.25, 0.3) is 0 Å². The SMILES string of the molecule is CCC1CCC2CC(S)CCC2C1. The van der Waals surface area contributed by atoms with Gasteiger partial charge in [-0.2, -0.15) is 12.6 Å². The van der Waals surface area contributed by atoms with Crippen molar-refractivity contribution < 1.29 is 0 Å². The maximum Gasteiger partial charge on any atom is 0.00196 e. The maximum absolute atomic E-state index is 4.62. The minimum atomic E-state index is 0.722. The van der Waals surface area contributed by atoms with E-state index in [-0.39, 0.29) is 0 Å². The van der Waals surface area contributed by atoms with E-state index in [0.717, 1.165) is 23.0 Å². The van der Waals surface area contributed by atoms with E-state index in [9.17, 15) is 0 Å². The summed E-state index contributed by atoms with van der Waals surface area (Å²) >= 11 is 4.62. The minimum Gasteiger partial charge on any atom is -0.176 e. The molecule has 0 amide bonds. The molecule has 0 aromatic heterocycles. The molecule has 4 unspecified atom stereocenters. The average Bonchev–Trinajstić information content (AvgIpc) is 2.17. The molecule has 2 aliphatic rings. The molecule has 0 aliphatic heterocycles. The Morgan fingerprint density at radius 2 is 1.69 bits per heavy atom. The van der Waals surface area contributed by atoms with Crippen LogP contribution in [0.4, 0.5) is 0 Å². The highest BCUT2D eigenvalue weighted by Gasteiger charge is 2.33. The van der Waals surface area contributed by atoms with Crippen LogP contribution in [0, 0.1) is 17.8 Å². The summed E-state index contributed by atoms with van der Waals surface area (Å²) in [5.41, 5.74) is 0. The second-order valence-corrected chi connectivity index (χ2v) is 5.80. The summed E-state index contributed by atoms with van der Waals surface area (Å²) in [6.45, 7) is 2.36. The van der Waals surface area contributed by atoms with Gasteiger partial charge in [-0.25, -0.2) is 0 Å². The predicted octanol–water partition coefficient (Wildman–Crippen LogP) is 3.91. The lowest BCUT2D eigenvalue weighted by atomic mass is 9.67. The molecule has 2 saturated carbocycles. The molecule has 0 N–H and O–H groups in total. The standard InChI is InChI=1S/C12H22S/c1-2-9-3-4-11-8-12(13)6-5-10(11)7-9/h9-13H,2-8H2,1H3. The number of fused-ring (bicyclic) bond motifs is 1. The quantitative estimate of drug-likeness (QED) is 0.607. The van der Waals surface area contributed by atoms with Crippen LogP contribution in [-0.4, -0.2) is 5.25 Å². The van der Waals surface area contributed by atoms with E-state index in [0.29, 0.717) is 0 Å². The fraction of sp³-hybridized carbons (Fsp3) is 1.00. The normalized spacial score (nSPS) is 45.7. The van der Waals surface area contributed by atoms with Gasteiger partial charge in [0.1, 0.15) is 0 Å². The van der Waals surface area contributed by atoms with Crippen molar-refractivity contribution in [1.82, 2.24) is 0 Å². The minimum absolute atomic E-state index is 0.722. The zero-order valence-corrected chi connectivity index (χ0v) is 9.60. The summed E-state index contributed by atoms with van der Waals surface area (Å²) in [5, 5.41) is 0.722. The van der Waals surface area contributed by atoms with Gasteiger partial charge in [0.05, 0.1) is 0 Å². The number of hydrogen-bond donors (Lipinski definition) is 1. The van der Waals surface area contributed by atoms with Crippen molar-refractivity contribution >= 4 is 12.6 Å². The Labute approximate surface area is 87.9 Å². The number of hydrogen-bond acceptors (Lipinski definition) is 1. The Balaban J connectivity index is 1.90. The first-order valence-electron chi connectivity index (χ1n) is 5.97. The molecule has 1 heteroatoms. The largest absolute Gasteiger partial charge is 0.176 e. The Bertz CT molecular complexity index is 167. The summed E-state index contributed by atoms with van der Waals surface area (Å²) in [6.07, 6.45) is 10.2. The predicted molar refractivity (Wildman–Crippen MR) is 61.2 cm³/mol. The molecular weight excluding hydrogens is 176 g/mol. The first-order chi connectivity index (χ1) is 6.29. The average molecular weight is 198 g/mol. The molecule has 0 spiro atoms. The molecule has 0 heterocycles. The molecule has 2 rings (SSSR count). The van der Waals surface area contributed by atoms with E-state index in [4.69, 9.17) is 0 Å². The van der Waals surface area contributed by atoms with Crippen LogP contribution in [-0.2, 0) is 0 Å². The molecule has 0 radical (unpaired) electrons. The van der Waals surface area contributed by atoms with Gasteiger partial charge in [-0.3, -0.25) is 0 Å². The van der Waals surface area contributed by atoms with Crippen molar-refractivity contribution in [2.45, 2.75) is 57.1 Å². The van der Waals surface area contributed by atoms with Gasteiger partial charge >= 0.3 is 0 Å². The first kappa shape index (κ1) is 9.89. The van der Waals surface area contributed by atoms with Gasteiger partial charge in [0.2, 0.25) is 0 Å². The van der Waals surface area contributed by atoms with Gasteiger partial charge in [0.15, 0.2) is 0 Å². The molecule has 0 aromatic carbocycles. The molecule has 4 atom stereocenters. The zero-order chi connectivity index (χ0) is 9.26. The van der Waals surface area contributed by atoms with Crippen molar-refractivity contribution in [3.05, 3.63) is 0 Å². The Morgan fingerprint density at radius 1 is 1.00 bits per heavy atom.